The van der Waals surface area contributed by atoms with Crippen LogP contribution in [-0.4, -0.2) is 10.7 Å². The number of benzene rings is 2. The largest absolute Gasteiger partial charge is 0.347 e. The third kappa shape index (κ3) is 2.41. The van der Waals surface area contributed by atoms with Crippen LogP contribution in [0.3, 0.4) is 0 Å². The van der Waals surface area contributed by atoms with Crippen LogP contribution in [0.2, 0.25) is 0 Å². The molecule has 0 saturated heterocycles. The molecule has 1 unspecified atom stereocenters. The SMILES string of the molecule is CC1(c2cccc(Br)c2)N=C(c2ccccc2)C(=S)N1. The minimum atomic E-state index is -0.508. The standard InChI is InChI=1S/C16H13BrN2S/c1-16(12-8-5-9-13(17)10-12)18-14(15(20)19-16)11-6-3-2-4-7-11/h2-10H,1H3,(H,19,20). The fourth-order valence-electron chi connectivity index (χ4n) is 2.30. The lowest BCUT2D eigenvalue weighted by Crippen LogP contribution is -2.36. The van der Waals surface area contributed by atoms with E-state index in [0.717, 1.165) is 21.3 Å². The van der Waals surface area contributed by atoms with Gasteiger partial charge in [0.05, 0.1) is 0 Å². The van der Waals surface area contributed by atoms with E-state index in [9.17, 15) is 0 Å². The minimum Gasteiger partial charge on any atom is -0.347 e. The van der Waals surface area contributed by atoms with Gasteiger partial charge >= 0.3 is 0 Å². The zero-order valence-corrected chi connectivity index (χ0v) is 13.3. The second kappa shape index (κ2) is 5.11. The molecule has 1 aliphatic heterocycles. The second-order valence-electron chi connectivity index (χ2n) is 4.86. The van der Waals surface area contributed by atoms with E-state index in [2.05, 4.69) is 33.4 Å². The fourth-order valence-corrected chi connectivity index (χ4v) is 3.06. The zero-order chi connectivity index (χ0) is 14.2. The van der Waals surface area contributed by atoms with Gasteiger partial charge < -0.3 is 5.32 Å². The third-order valence-corrected chi connectivity index (χ3v) is 4.13. The van der Waals surface area contributed by atoms with Crippen molar-refractivity contribution in [3.05, 3.63) is 70.2 Å². The number of aliphatic imine (C=N–C) groups is 1. The molecule has 0 saturated carbocycles. The van der Waals surface area contributed by atoms with E-state index in [0.29, 0.717) is 4.99 Å². The van der Waals surface area contributed by atoms with Gasteiger partial charge in [0, 0.05) is 15.6 Å². The minimum absolute atomic E-state index is 0.508. The van der Waals surface area contributed by atoms with E-state index in [1.807, 2.05) is 49.4 Å². The Morgan fingerprint density at radius 1 is 1.10 bits per heavy atom. The molecule has 100 valence electrons. The lowest BCUT2D eigenvalue weighted by molar-refractivity contribution is 0.480. The highest BCUT2D eigenvalue weighted by Gasteiger charge is 2.34. The molecule has 1 atom stereocenters. The Bertz CT molecular complexity index is 697. The first kappa shape index (κ1) is 13.5. The molecular formula is C16H13BrN2S. The van der Waals surface area contributed by atoms with Crippen LogP contribution >= 0.6 is 28.1 Å². The second-order valence-corrected chi connectivity index (χ2v) is 6.19. The van der Waals surface area contributed by atoms with Crippen molar-refractivity contribution >= 4 is 38.8 Å². The number of nitrogens with zero attached hydrogens (tertiary/aromatic N) is 1. The molecule has 0 radical (unpaired) electrons. The summed E-state index contributed by atoms with van der Waals surface area (Å²) in [6.07, 6.45) is 0. The Morgan fingerprint density at radius 2 is 1.85 bits per heavy atom. The van der Waals surface area contributed by atoms with E-state index in [4.69, 9.17) is 17.2 Å². The first-order valence-electron chi connectivity index (χ1n) is 6.32. The molecule has 4 heteroatoms. The molecule has 2 nitrogen and oxygen atoms in total. The van der Waals surface area contributed by atoms with Crippen LogP contribution in [-0.2, 0) is 5.66 Å². The molecule has 1 N–H and O–H groups in total. The number of nitrogens with one attached hydrogen (secondary N) is 1. The Hall–Kier alpha value is -1.52. The van der Waals surface area contributed by atoms with Crippen LogP contribution in [0.15, 0.2) is 64.1 Å². The van der Waals surface area contributed by atoms with Gasteiger partial charge in [0.25, 0.3) is 0 Å². The lowest BCUT2D eigenvalue weighted by atomic mass is 10.0. The van der Waals surface area contributed by atoms with E-state index in [1.165, 1.54) is 0 Å². The molecule has 0 amide bonds. The third-order valence-electron chi connectivity index (χ3n) is 3.34. The number of hydrogen-bond acceptors (Lipinski definition) is 2. The van der Waals surface area contributed by atoms with Crippen molar-refractivity contribution in [1.82, 2.24) is 5.32 Å². The van der Waals surface area contributed by atoms with Crippen LogP contribution in [0.25, 0.3) is 0 Å². The van der Waals surface area contributed by atoms with Crippen LogP contribution < -0.4 is 5.32 Å². The average Bonchev–Trinajstić information content (AvgIpc) is 2.77. The van der Waals surface area contributed by atoms with E-state index < -0.39 is 5.66 Å². The maximum absolute atomic E-state index is 5.45. The first-order chi connectivity index (χ1) is 9.58. The summed E-state index contributed by atoms with van der Waals surface area (Å²) < 4.78 is 1.03. The quantitative estimate of drug-likeness (QED) is 0.831. The van der Waals surface area contributed by atoms with Gasteiger partial charge in [0.2, 0.25) is 0 Å². The number of thiocarbonyl (C=S) groups is 1. The predicted molar refractivity (Wildman–Crippen MR) is 90.2 cm³/mol. The average molecular weight is 345 g/mol. The molecule has 0 fully saturated rings. The van der Waals surface area contributed by atoms with Crippen LogP contribution in [0, 0.1) is 0 Å². The molecule has 0 aliphatic carbocycles. The Morgan fingerprint density at radius 3 is 2.55 bits per heavy atom. The molecule has 1 heterocycles. The summed E-state index contributed by atoms with van der Waals surface area (Å²) in [6.45, 7) is 2.04. The maximum atomic E-state index is 5.45. The highest BCUT2D eigenvalue weighted by molar-refractivity contribution is 9.10. The van der Waals surface area contributed by atoms with Gasteiger partial charge in [-0.1, -0.05) is 70.6 Å². The molecule has 0 spiro atoms. The summed E-state index contributed by atoms with van der Waals surface area (Å²) in [7, 11) is 0. The number of hydrogen-bond donors (Lipinski definition) is 1. The molecule has 1 aliphatic rings. The normalized spacial score (nSPS) is 21.5. The highest BCUT2D eigenvalue weighted by atomic mass is 79.9. The van der Waals surface area contributed by atoms with Crippen molar-refractivity contribution in [3.8, 4) is 0 Å². The molecule has 0 bridgehead atoms. The van der Waals surface area contributed by atoms with Gasteiger partial charge in [0.1, 0.15) is 10.7 Å². The topological polar surface area (TPSA) is 24.4 Å². The summed E-state index contributed by atoms with van der Waals surface area (Å²) in [4.78, 5) is 5.52. The number of rotatable bonds is 2. The number of halogens is 1. The molecule has 20 heavy (non-hydrogen) atoms. The van der Waals surface area contributed by atoms with Gasteiger partial charge in [-0.2, -0.15) is 0 Å². The van der Waals surface area contributed by atoms with Crippen molar-refractivity contribution in [2.45, 2.75) is 12.6 Å². The highest BCUT2D eigenvalue weighted by Crippen LogP contribution is 2.30. The van der Waals surface area contributed by atoms with E-state index >= 15 is 0 Å². The van der Waals surface area contributed by atoms with Crippen molar-refractivity contribution < 1.29 is 0 Å². The van der Waals surface area contributed by atoms with Crippen molar-refractivity contribution in [1.29, 1.82) is 0 Å². The predicted octanol–water partition coefficient (Wildman–Crippen LogP) is 4.04. The summed E-state index contributed by atoms with van der Waals surface area (Å²) in [5.41, 5.74) is 2.47. The van der Waals surface area contributed by atoms with E-state index in [1.54, 1.807) is 0 Å². The molecule has 0 aromatic heterocycles. The lowest BCUT2D eigenvalue weighted by Gasteiger charge is -2.22. The summed E-state index contributed by atoms with van der Waals surface area (Å²) in [5.74, 6) is 0. The first-order valence-corrected chi connectivity index (χ1v) is 7.52. The molecular weight excluding hydrogens is 332 g/mol. The molecule has 2 aromatic rings. The van der Waals surface area contributed by atoms with Gasteiger partial charge in [-0.15, -0.1) is 0 Å². The Kier molecular flexibility index (Phi) is 3.44. The fraction of sp³-hybridized carbons (Fsp3) is 0.125. The monoisotopic (exact) mass is 344 g/mol. The van der Waals surface area contributed by atoms with Crippen molar-refractivity contribution in [2.24, 2.45) is 4.99 Å². The van der Waals surface area contributed by atoms with Gasteiger partial charge in [0.15, 0.2) is 5.66 Å². The zero-order valence-electron chi connectivity index (χ0n) is 10.9. The van der Waals surface area contributed by atoms with Gasteiger partial charge in [-0.05, 0) is 19.1 Å². The summed E-state index contributed by atoms with van der Waals surface area (Å²) >= 11 is 8.95. The van der Waals surface area contributed by atoms with Crippen molar-refractivity contribution in [3.63, 3.8) is 0 Å². The summed E-state index contributed by atoms with van der Waals surface area (Å²) in [6, 6.07) is 18.2. The summed E-state index contributed by atoms with van der Waals surface area (Å²) in [5, 5.41) is 3.33. The Balaban J connectivity index is 2.05. The molecule has 3 rings (SSSR count). The van der Waals surface area contributed by atoms with Gasteiger partial charge in [-0.3, -0.25) is 0 Å². The van der Waals surface area contributed by atoms with Gasteiger partial charge in [-0.25, -0.2) is 4.99 Å². The van der Waals surface area contributed by atoms with Crippen molar-refractivity contribution in [2.75, 3.05) is 0 Å². The van der Waals surface area contributed by atoms with Crippen LogP contribution in [0.4, 0.5) is 0 Å². The van der Waals surface area contributed by atoms with E-state index in [-0.39, 0.29) is 0 Å². The maximum Gasteiger partial charge on any atom is 0.154 e. The van der Waals surface area contributed by atoms with Crippen LogP contribution in [0.5, 0.6) is 0 Å². The molecule has 2 aromatic carbocycles. The van der Waals surface area contributed by atoms with Crippen LogP contribution in [0.1, 0.15) is 18.1 Å². The smallest absolute Gasteiger partial charge is 0.154 e. The Labute approximate surface area is 132 Å².